The minimum atomic E-state index is -0.153. The first-order valence-electron chi connectivity index (χ1n) is 4.91. The van der Waals surface area contributed by atoms with Crippen LogP contribution in [0.3, 0.4) is 0 Å². The van der Waals surface area contributed by atoms with Crippen LogP contribution in [0.5, 0.6) is 0 Å². The Balaban J connectivity index is 2.28. The molecule has 0 aromatic carbocycles. The molecular formula is C9H11N5O2S. The maximum atomic E-state index is 12.1. The highest BCUT2D eigenvalue weighted by atomic mass is 32.1. The van der Waals surface area contributed by atoms with Crippen LogP contribution >= 0.6 is 11.3 Å². The van der Waals surface area contributed by atoms with Crippen LogP contribution in [-0.2, 0) is 0 Å². The number of carbonyl (C=O) groups excluding carboxylic acids is 1. The van der Waals surface area contributed by atoms with Crippen molar-refractivity contribution >= 4 is 17.2 Å². The third-order valence-corrected chi connectivity index (χ3v) is 3.11. The Morgan fingerprint density at radius 3 is 3.12 bits per heavy atom. The fourth-order valence-corrected chi connectivity index (χ4v) is 2.21. The molecule has 90 valence electrons. The smallest absolute Gasteiger partial charge is 0.265 e. The highest BCUT2D eigenvalue weighted by Crippen LogP contribution is 2.21. The van der Waals surface area contributed by atoms with Gasteiger partial charge in [-0.15, -0.1) is 16.4 Å². The van der Waals surface area contributed by atoms with Crippen LogP contribution in [0.2, 0.25) is 0 Å². The number of rotatable bonds is 4. The number of aliphatic hydroxyl groups is 1. The Morgan fingerprint density at radius 2 is 2.47 bits per heavy atom. The summed E-state index contributed by atoms with van der Waals surface area (Å²) in [5.41, 5.74) is 0.648. The first kappa shape index (κ1) is 11.7. The summed E-state index contributed by atoms with van der Waals surface area (Å²) in [5.74, 6) is -0.153. The third kappa shape index (κ3) is 2.32. The molecule has 17 heavy (non-hydrogen) atoms. The van der Waals surface area contributed by atoms with Crippen LogP contribution < -0.4 is 0 Å². The molecule has 1 N–H and O–H groups in total. The van der Waals surface area contributed by atoms with Gasteiger partial charge in [-0.05, 0) is 21.9 Å². The number of hydrogen-bond donors (Lipinski definition) is 1. The Bertz CT molecular complexity index is 495. The largest absolute Gasteiger partial charge is 0.395 e. The maximum absolute atomic E-state index is 12.1. The standard InChI is InChI=1S/C9H11N5O2S/c1-13(3-4-15)9(16)8-7(2-5-17-8)14-6-10-11-12-14/h2,5-6,15H,3-4H2,1H3. The van der Waals surface area contributed by atoms with E-state index in [9.17, 15) is 4.79 Å². The zero-order chi connectivity index (χ0) is 12.3. The van der Waals surface area contributed by atoms with Crippen molar-refractivity contribution < 1.29 is 9.90 Å². The molecule has 8 heteroatoms. The summed E-state index contributed by atoms with van der Waals surface area (Å²) < 4.78 is 1.44. The summed E-state index contributed by atoms with van der Waals surface area (Å²) >= 11 is 1.32. The summed E-state index contributed by atoms with van der Waals surface area (Å²) in [7, 11) is 1.64. The average Bonchev–Trinajstić information content (AvgIpc) is 2.98. The SMILES string of the molecule is CN(CCO)C(=O)c1sccc1-n1cnnn1. The van der Waals surface area contributed by atoms with Gasteiger partial charge in [-0.3, -0.25) is 4.79 Å². The van der Waals surface area contributed by atoms with Gasteiger partial charge in [0.2, 0.25) is 0 Å². The Kier molecular flexibility index (Phi) is 3.45. The highest BCUT2D eigenvalue weighted by molar-refractivity contribution is 7.12. The molecular weight excluding hydrogens is 242 g/mol. The van der Waals surface area contributed by atoms with E-state index < -0.39 is 0 Å². The molecule has 0 saturated carbocycles. The lowest BCUT2D eigenvalue weighted by atomic mass is 10.3. The van der Waals surface area contributed by atoms with E-state index in [2.05, 4.69) is 15.5 Å². The molecule has 0 aliphatic carbocycles. The van der Waals surface area contributed by atoms with Crippen molar-refractivity contribution in [2.75, 3.05) is 20.2 Å². The second-order valence-corrected chi connectivity index (χ2v) is 4.26. The molecule has 0 spiro atoms. The maximum Gasteiger partial charge on any atom is 0.265 e. The van der Waals surface area contributed by atoms with Gasteiger partial charge in [-0.1, -0.05) is 0 Å². The van der Waals surface area contributed by atoms with Gasteiger partial charge in [0.25, 0.3) is 5.91 Å². The van der Waals surface area contributed by atoms with Crippen molar-refractivity contribution in [1.82, 2.24) is 25.1 Å². The lowest BCUT2D eigenvalue weighted by Crippen LogP contribution is -2.29. The van der Waals surface area contributed by atoms with Crippen molar-refractivity contribution in [2.45, 2.75) is 0 Å². The summed E-state index contributed by atoms with van der Waals surface area (Å²) in [4.78, 5) is 14.1. The van der Waals surface area contributed by atoms with E-state index in [0.717, 1.165) is 0 Å². The van der Waals surface area contributed by atoms with Crippen LogP contribution in [0.1, 0.15) is 9.67 Å². The molecule has 2 rings (SSSR count). The van der Waals surface area contributed by atoms with Gasteiger partial charge in [-0.25, -0.2) is 0 Å². The van der Waals surface area contributed by atoms with E-state index >= 15 is 0 Å². The quantitative estimate of drug-likeness (QED) is 0.815. The van der Waals surface area contributed by atoms with Crippen LogP contribution in [0.4, 0.5) is 0 Å². The van der Waals surface area contributed by atoms with Gasteiger partial charge in [0.1, 0.15) is 11.2 Å². The fraction of sp³-hybridized carbons (Fsp3) is 0.333. The predicted octanol–water partition coefficient (Wildman–Crippen LogP) is -0.212. The minimum Gasteiger partial charge on any atom is -0.395 e. The van der Waals surface area contributed by atoms with Crippen molar-refractivity contribution in [3.63, 3.8) is 0 Å². The van der Waals surface area contributed by atoms with Gasteiger partial charge in [0.15, 0.2) is 0 Å². The second kappa shape index (κ2) is 5.02. The van der Waals surface area contributed by atoms with E-state index in [-0.39, 0.29) is 12.5 Å². The van der Waals surface area contributed by atoms with E-state index in [0.29, 0.717) is 17.1 Å². The first-order valence-corrected chi connectivity index (χ1v) is 5.79. The van der Waals surface area contributed by atoms with Crippen LogP contribution in [0.25, 0.3) is 5.69 Å². The molecule has 0 atom stereocenters. The molecule has 0 unspecified atom stereocenters. The molecule has 2 aromatic heterocycles. The van der Waals surface area contributed by atoms with Gasteiger partial charge >= 0.3 is 0 Å². The van der Waals surface area contributed by atoms with Gasteiger partial charge < -0.3 is 10.0 Å². The van der Waals surface area contributed by atoms with E-state index in [1.165, 1.54) is 27.2 Å². The number of aromatic nitrogens is 4. The Hall–Kier alpha value is -1.80. The molecule has 0 radical (unpaired) electrons. The predicted molar refractivity (Wildman–Crippen MR) is 61.1 cm³/mol. The van der Waals surface area contributed by atoms with Gasteiger partial charge in [0.05, 0.1) is 12.3 Å². The number of nitrogens with zero attached hydrogens (tertiary/aromatic N) is 5. The fourth-order valence-electron chi connectivity index (χ4n) is 1.34. The number of tetrazole rings is 1. The van der Waals surface area contributed by atoms with Crippen LogP contribution in [0, 0.1) is 0 Å². The molecule has 0 saturated heterocycles. The molecule has 7 nitrogen and oxygen atoms in total. The number of likely N-dealkylation sites (N-methyl/N-ethyl adjacent to an activating group) is 1. The topological polar surface area (TPSA) is 84.1 Å². The minimum absolute atomic E-state index is 0.0617. The highest BCUT2D eigenvalue weighted by Gasteiger charge is 2.18. The summed E-state index contributed by atoms with van der Waals surface area (Å²) in [6.07, 6.45) is 1.44. The van der Waals surface area contributed by atoms with E-state index in [1.807, 2.05) is 0 Å². The monoisotopic (exact) mass is 253 g/mol. The number of carbonyl (C=O) groups is 1. The number of hydrogen-bond acceptors (Lipinski definition) is 6. The van der Waals surface area contributed by atoms with E-state index in [4.69, 9.17) is 5.11 Å². The van der Waals surface area contributed by atoms with Crippen molar-refractivity contribution in [3.8, 4) is 5.69 Å². The second-order valence-electron chi connectivity index (χ2n) is 3.34. The summed E-state index contributed by atoms with van der Waals surface area (Å²) in [6, 6.07) is 1.78. The summed E-state index contributed by atoms with van der Waals surface area (Å²) in [5, 5.41) is 21.4. The van der Waals surface area contributed by atoms with E-state index in [1.54, 1.807) is 18.5 Å². The van der Waals surface area contributed by atoms with Crippen molar-refractivity contribution in [1.29, 1.82) is 0 Å². The third-order valence-electron chi connectivity index (χ3n) is 2.22. The molecule has 2 aromatic rings. The number of thiophene rings is 1. The molecule has 2 heterocycles. The summed E-state index contributed by atoms with van der Waals surface area (Å²) in [6.45, 7) is 0.236. The lowest BCUT2D eigenvalue weighted by Gasteiger charge is -2.15. The van der Waals surface area contributed by atoms with Gasteiger partial charge in [0, 0.05) is 13.6 Å². The zero-order valence-corrected chi connectivity index (χ0v) is 9.96. The molecule has 0 bridgehead atoms. The van der Waals surface area contributed by atoms with Gasteiger partial charge in [-0.2, -0.15) is 4.68 Å². The van der Waals surface area contributed by atoms with Crippen LogP contribution in [-0.4, -0.2) is 56.3 Å². The Labute approximate surface area is 101 Å². The molecule has 0 aliphatic heterocycles. The first-order chi connectivity index (χ1) is 8.24. The normalized spacial score (nSPS) is 10.5. The number of aliphatic hydroxyl groups excluding tert-OH is 1. The van der Waals surface area contributed by atoms with Crippen molar-refractivity contribution in [2.24, 2.45) is 0 Å². The zero-order valence-electron chi connectivity index (χ0n) is 9.15. The molecule has 1 amide bonds. The molecule has 0 aliphatic rings. The average molecular weight is 253 g/mol. The lowest BCUT2D eigenvalue weighted by molar-refractivity contribution is 0.0771. The number of amides is 1. The van der Waals surface area contributed by atoms with Crippen molar-refractivity contribution in [3.05, 3.63) is 22.7 Å². The van der Waals surface area contributed by atoms with Crippen LogP contribution in [0.15, 0.2) is 17.8 Å². The Morgan fingerprint density at radius 1 is 1.65 bits per heavy atom. The molecule has 0 fully saturated rings.